The van der Waals surface area contributed by atoms with Crippen LogP contribution in [-0.2, 0) is 25.9 Å². The van der Waals surface area contributed by atoms with Crippen LogP contribution in [0.15, 0.2) is 26.9 Å². The van der Waals surface area contributed by atoms with E-state index < -0.39 is 11.2 Å². The lowest BCUT2D eigenvalue weighted by molar-refractivity contribution is 0.648. The third-order valence-electron chi connectivity index (χ3n) is 4.22. The largest absolute Gasteiger partial charge is 0.325 e. The summed E-state index contributed by atoms with van der Waals surface area (Å²) in [5.74, 6) is 0. The Balaban J connectivity index is 1.70. The van der Waals surface area contributed by atoms with Crippen molar-refractivity contribution in [3.63, 3.8) is 0 Å². The fourth-order valence-corrected chi connectivity index (χ4v) is 4.12. The van der Waals surface area contributed by atoms with Crippen LogP contribution < -0.4 is 22.1 Å². The number of nitrogens with zero attached hydrogens (tertiary/aromatic N) is 2. The van der Waals surface area contributed by atoms with E-state index in [1.165, 1.54) is 22.0 Å². The number of hydrogen-bond donors (Lipinski definition) is 3. The first-order valence-corrected chi connectivity index (χ1v) is 8.46. The van der Waals surface area contributed by atoms with Crippen molar-refractivity contribution in [2.24, 2.45) is 0 Å². The van der Waals surface area contributed by atoms with Crippen molar-refractivity contribution in [3.8, 4) is 0 Å². The van der Waals surface area contributed by atoms with E-state index in [1.807, 2.05) is 0 Å². The van der Waals surface area contributed by atoms with Gasteiger partial charge in [-0.25, -0.2) is 9.78 Å². The van der Waals surface area contributed by atoms with Gasteiger partial charge in [0, 0.05) is 29.7 Å². The van der Waals surface area contributed by atoms with Crippen LogP contribution in [0.25, 0.3) is 10.2 Å². The third kappa shape index (κ3) is 2.51. The van der Waals surface area contributed by atoms with E-state index in [9.17, 15) is 14.4 Å². The Morgan fingerprint density at radius 1 is 1.29 bits per heavy atom. The number of H-pyrrole nitrogens is 2. The summed E-state index contributed by atoms with van der Waals surface area (Å²) in [6, 6.07) is 0. The SMILES string of the molecule is O=c1[nH]cc(CCn2cnc3sc4c(c3c2=O)CCNC4)c(=O)[nH]1. The molecule has 0 atom stereocenters. The number of hydrogen-bond acceptors (Lipinski definition) is 6. The van der Waals surface area contributed by atoms with Crippen molar-refractivity contribution in [1.82, 2.24) is 24.8 Å². The molecule has 3 aromatic rings. The fourth-order valence-electron chi connectivity index (χ4n) is 2.97. The molecule has 124 valence electrons. The van der Waals surface area contributed by atoms with E-state index >= 15 is 0 Å². The minimum absolute atomic E-state index is 0.0692. The summed E-state index contributed by atoms with van der Waals surface area (Å²) in [5, 5.41) is 4.00. The molecule has 9 heteroatoms. The number of fused-ring (bicyclic) bond motifs is 3. The molecule has 4 rings (SSSR count). The Morgan fingerprint density at radius 2 is 2.17 bits per heavy atom. The molecule has 1 aliphatic rings. The molecular formula is C15H15N5O3S. The predicted molar refractivity (Wildman–Crippen MR) is 90.7 cm³/mol. The van der Waals surface area contributed by atoms with Gasteiger partial charge in [0.25, 0.3) is 11.1 Å². The zero-order valence-corrected chi connectivity index (χ0v) is 13.5. The number of nitrogens with one attached hydrogen (secondary N) is 3. The molecule has 3 N–H and O–H groups in total. The molecule has 0 fully saturated rings. The van der Waals surface area contributed by atoms with Gasteiger partial charge >= 0.3 is 5.69 Å². The Morgan fingerprint density at radius 3 is 3.00 bits per heavy atom. The van der Waals surface area contributed by atoms with E-state index in [0.717, 1.165) is 29.9 Å². The van der Waals surface area contributed by atoms with Crippen LogP contribution in [0.2, 0.25) is 0 Å². The topological polar surface area (TPSA) is 113 Å². The van der Waals surface area contributed by atoms with Gasteiger partial charge in [0.2, 0.25) is 0 Å². The highest BCUT2D eigenvalue weighted by Crippen LogP contribution is 2.29. The Labute approximate surface area is 139 Å². The van der Waals surface area contributed by atoms with Crippen molar-refractivity contribution < 1.29 is 0 Å². The molecule has 24 heavy (non-hydrogen) atoms. The van der Waals surface area contributed by atoms with Crippen LogP contribution in [0.1, 0.15) is 16.0 Å². The first-order valence-electron chi connectivity index (χ1n) is 7.65. The van der Waals surface area contributed by atoms with Crippen LogP contribution in [0, 0.1) is 0 Å². The monoisotopic (exact) mass is 345 g/mol. The van der Waals surface area contributed by atoms with E-state index in [-0.39, 0.29) is 5.56 Å². The smallest absolute Gasteiger partial charge is 0.314 e. The van der Waals surface area contributed by atoms with Gasteiger partial charge < -0.3 is 10.3 Å². The van der Waals surface area contributed by atoms with Gasteiger partial charge in [-0.05, 0) is 24.9 Å². The van der Waals surface area contributed by atoms with Gasteiger partial charge in [-0.3, -0.25) is 19.1 Å². The van der Waals surface area contributed by atoms with Gasteiger partial charge in [0.05, 0.1) is 11.7 Å². The number of aromatic nitrogens is 4. The van der Waals surface area contributed by atoms with E-state index in [0.29, 0.717) is 23.9 Å². The lowest BCUT2D eigenvalue weighted by atomic mass is 10.1. The highest BCUT2D eigenvalue weighted by molar-refractivity contribution is 7.18. The minimum atomic E-state index is -0.539. The Bertz CT molecular complexity index is 1090. The highest BCUT2D eigenvalue weighted by Gasteiger charge is 2.19. The summed E-state index contributed by atoms with van der Waals surface area (Å²) in [5.41, 5.74) is 0.489. The zero-order chi connectivity index (χ0) is 16.7. The maximum atomic E-state index is 12.8. The quantitative estimate of drug-likeness (QED) is 0.604. The van der Waals surface area contributed by atoms with Crippen LogP contribution in [0.5, 0.6) is 0 Å². The lowest BCUT2D eigenvalue weighted by Gasteiger charge is -2.12. The maximum Gasteiger partial charge on any atom is 0.325 e. The van der Waals surface area contributed by atoms with Crippen LogP contribution in [0.4, 0.5) is 0 Å². The summed E-state index contributed by atoms with van der Waals surface area (Å²) in [4.78, 5) is 46.5. The van der Waals surface area contributed by atoms with Crippen molar-refractivity contribution in [1.29, 1.82) is 0 Å². The van der Waals surface area contributed by atoms with Crippen LogP contribution in [-0.4, -0.2) is 26.1 Å². The van der Waals surface area contributed by atoms with E-state index in [2.05, 4.69) is 20.3 Å². The molecule has 0 aliphatic carbocycles. The molecule has 0 unspecified atom stereocenters. The third-order valence-corrected chi connectivity index (χ3v) is 5.36. The second kappa shape index (κ2) is 5.84. The molecule has 0 radical (unpaired) electrons. The van der Waals surface area contributed by atoms with E-state index in [1.54, 1.807) is 11.3 Å². The second-order valence-corrected chi connectivity index (χ2v) is 6.78. The number of rotatable bonds is 3. The molecule has 0 saturated carbocycles. The van der Waals surface area contributed by atoms with Gasteiger partial charge in [0.1, 0.15) is 4.83 Å². The van der Waals surface area contributed by atoms with Crippen LogP contribution in [0.3, 0.4) is 0 Å². The summed E-state index contributed by atoms with van der Waals surface area (Å²) in [7, 11) is 0. The summed E-state index contributed by atoms with van der Waals surface area (Å²) in [6.45, 7) is 1.97. The lowest BCUT2D eigenvalue weighted by Crippen LogP contribution is -2.28. The highest BCUT2D eigenvalue weighted by atomic mass is 32.1. The number of aryl methyl sites for hydroxylation is 2. The average molecular weight is 345 g/mol. The molecule has 0 amide bonds. The molecule has 8 nitrogen and oxygen atoms in total. The molecule has 0 aromatic carbocycles. The summed E-state index contributed by atoms with van der Waals surface area (Å²) in [6.07, 6.45) is 4.08. The maximum absolute atomic E-state index is 12.8. The predicted octanol–water partition coefficient (Wildman–Crippen LogP) is -0.277. The molecule has 4 heterocycles. The zero-order valence-electron chi connectivity index (χ0n) is 12.7. The standard InChI is InChI=1S/C15H15N5O3S/c21-12-8(5-17-15(23)19-12)2-4-20-7-18-13-11(14(20)22)9-1-3-16-6-10(9)24-13/h5,7,16H,1-4,6H2,(H2,17,19,21,23). The Kier molecular flexibility index (Phi) is 3.66. The van der Waals surface area contributed by atoms with Gasteiger partial charge in [-0.1, -0.05) is 0 Å². The normalized spacial score (nSPS) is 14.0. The van der Waals surface area contributed by atoms with Gasteiger partial charge in [-0.15, -0.1) is 11.3 Å². The van der Waals surface area contributed by atoms with Gasteiger partial charge in [0.15, 0.2) is 0 Å². The number of thiophene rings is 1. The van der Waals surface area contributed by atoms with Crippen molar-refractivity contribution in [2.75, 3.05) is 6.54 Å². The van der Waals surface area contributed by atoms with Crippen molar-refractivity contribution >= 4 is 21.6 Å². The van der Waals surface area contributed by atoms with Crippen molar-refractivity contribution in [2.45, 2.75) is 25.9 Å². The molecular weight excluding hydrogens is 330 g/mol. The molecule has 1 aliphatic heterocycles. The molecule has 3 aromatic heterocycles. The van der Waals surface area contributed by atoms with E-state index in [4.69, 9.17) is 0 Å². The summed E-state index contributed by atoms with van der Waals surface area (Å²) >= 11 is 1.56. The fraction of sp³-hybridized carbons (Fsp3) is 0.333. The minimum Gasteiger partial charge on any atom is -0.314 e. The molecule has 0 spiro atoms. The number of aromatic amines is 2. The molecule has 0 bridgehead atoms. The Hall–Kier alpha value is -2.52. The van der Waals surface area contributed by atoms with Gasteiger partial charge in [-0.2, -0.15) is 0 Å². The first-order chi connectivity index (χ1) is 11.6. The van der Waals surface area contributed by atoms with Crippen LogP contribution >= 0.6 is 11.3 Å². The summed E-state index contributed by atoms with van der Waals surface area (Å²) < 4.78 is 1.53. The average Bonchev–Trinajstić information content (AvgIpc) is 2.95. The first kappa shape index (κ1) is 15.0. The van der Waals surface area contributed by atoms with Crippen molar-refractivity contribution in [3.05, 3.63) is 59.7 Å². The molecule has 0 saturated heterocycles. The second-order valence-electron chi connectivity index (χ2n) is 5.70.